The van der Waals surface area contributed by atoms with Crippen LogP contribution in [0.3, 0.4) is 0 Å². The van der Waals surface area contributed by atoms with E-state index in [1.807, 2.05) is 0 Å². The molecule has 0 fully saturated rings. The largest absolute Gasteiger partial charge is 0.433 e. The number of carbonyl (C=O) groups is 1. The van der Waals surface area contributed by atoms with E-state index in [4.69, 9.17) is 5.73 Å². The lowest BCUT2D eigenvalue weighted by Crippen LogP contribution is -2.42. The van der Waals surface area contributed by atoms with Crippen LogP contribution in [0, 0.1) is 0 Å². The number of pyridine rings is 1. The van der Waals surface area contributed by atoms with E-state index in [0.29, 0.717) is 21.2 Å². The molecule has 190 valence electrons. The quantitative estimate of drug-likeness (QED) is 0.346. The number of halogens is 6. The summed E-state index contributed by atoms with van der Waals surface area (Å²) in [4.78, 5) is 15.6. The minimum Gasteiger partial charge on any atom is -0.375 e. The van der Waals surface area contributed by atoms with E-state index in [-0.39, 0.29) is 17.0 Å². The fourth-order valence-electron chi connectivity index (χ4n) is 3.69. The highest BCUT2D eigenvalue weighted by Crippen LogP contribution is 2.41. The number of aromatic nitrogens is 4. The molecule has 0 radical (unpaired) electrons. The Labute approximate surface area is 203 Å². The van der Waals surface area contributed by atoms with Crippen molar-refractivity contribution in [1.29, 1.82) is 0 Å². The van der Waals surface area contributed by atoms with Gasteiger partial charge in [-0.25, -0.2) is 4.68 Å². The normalized spacial score (nSPS) is 14.2. The van der Waals surface area contributed by atoms with Crippen molar-refractivity contribution in [1.82, 2.24) is 20.0 Å². The van der Waals surface area contributed by atoms with Gasteiger partial charge in [0, 0.05) is 27.4 Å². The number of rotatable bonds is 6. The van der Waals surface area contributed by atoms with Crippen LogP contribution in [-0.2, 0) is 18.3 Å². The smallest absolute Gasteiger partial charge is 0.375 e. The number of carbonyl (C=O) groups excluding carboxylic acids is 1. The molecule has 1 unspecified atom stereocenters. The first-order chi connectivity index (χ1) is 16.7. The van der Waals surface area contributed by atoms with Crippen LogP contribution in [0.2, 0.25) is 0 Å². The maximum absolute atomic E-state index is 13.3. The predicted molar refractivity (Wildman–Crippen MR) is 118 cm³/mol. The zero-order valence-electron chi connectivity index (χ0n) is 18.4. The van der Waals surface area contributed by atoms with Crippen LogP contribution < -0.4 is 5.73 Å². The average molecular weight is 529 g/mol. The Hall–Kier alpha value is -3.52. The van der Waals surface area contributed by atoms with Crippen molar-refractivity contribution in [3.05, 3.63) is 64.6 Å². The molecule has 3 aromatic heterocycles. The van der Waals surface area contributed by atoms with Gasteiger partial charge in [-0.3, -0.25) is 9.78 Å². The van der Waals surface area contributed by atoms with Crippen molar-refractivity contribution in [2.24, 2.45) is 5.73 Å². The zero-order valence-corrected chi connectivity index (χ0v) is 19.2. The van der Waals surface area contributed by atoms with Crippen molar-refractivity contribution in [3.8, 4) is 11.1 Å². The van der Waals surface area contributed by atoms with E-state index in [1.165, 1.54) is 13.0 Å². The summed E-state index contributed by atoms with van der Waals surface area (Å²) < 4.78 is 80.2. The van der Waals surface area contributed by atoms with Crippen molar-refractivity contribution in [2.75, 3.05) is 0 Å². The predicted octanol–water partition coefficient (Wildman–Crippen LogP) is 4.88. The fraction of sp³-hybridized carbons (Fsp3) is 0.273. The third-order valence-electron chi connectivity index (χ3n) is 5.61. The molecule has 0 saturated heterocycles. The summed E-state index contributed by atoms with van der Waals surface area (Å²) in [5, 5.41) is 17.8. The third kappa shape index (κ3) is 4.53. The van der Waals surface area contributed by atoms with Crippen LogP contribution in [0.15, 0.2) is 42.7 Å². The highest BCUT2D eigenvalue weighted by atomic mass is 32.1. The number of aliphatic hydroxyl groups is 1. The number of nitrogens with two attached hydrogens (primary N) is 1. The Kier molecular flexibility index (Phi) is 6.29. The van der Waals surface area contributed by atoms with Crippen LogP contribution >= 0.6 is 11.3 Å². The van der Waals surface area contributed by atoms with E-state index < -0.39 is 41.7 Å². The van der Waals surface area contributed by atoms with Gasteiger partial charge >= 0.3 is 12.4 Å². The number of nitrogens with zero attached hydrogens (tertiary/aromatic N) is 4. The van der Waals surface area contributed by atoms with Crippen LogP contribution in [0.1, 0.15) is 40.0 Å². The van der Waals surface area contributed by atoms with Gasteiger partial charge in [0.25, 0.3) is 5.91 Å². The molecule has 3 heterocycles. The number of alkyl halides is 6. The molecule has 7 nitrogen and oxygen atoms in total. The second-order valence-electron chi connectivity index (χ2n) is 7.94. The number of hydrogen-bond acceptors (Lipinski definition) is 6. The summed E-state index contributed by atoms with van der Waals surface area (Å²) in [6.45, 7) is 1.18. The molecule has 14 heteroatoms. The van der Waals surface area contributed by atoms with Gasteiger partial charge < -0.3 is 10.8 Å². The summed E-state index contributed by atoms with van der Waals surface area (Å²) >= 11 is 1.02. The Balaban J connectivity index is 1.69. The van der Waals surface area contributed by atoms with E-state index in [1.54, 1.807) is 18.2 Å². The maximum atomic E-state index is 13.3. The van der Waals surface area contributed by atoms with Crippen LogP contribution in [0.5, 0.6) is 0 Å². The van der Waals surface area contributed by atoms with Crippen molar-refractivity contribution >= 4 is 27.3 Å². The SMILES string of the molecule is CCC(O)(c1cn(Cc2ccc3c(-c4ccc(C(F)(F)F)nc4)c(C(N)=O)sc3c2)nn1)C(F)(F)F. The van der Waals surface area contributed by atoms with Gasteiger partial charge in [0.15, 0.2) is 0 Å². The molecule has 0 aliphatic heterocycles. The van der Waals surface area contributed by atoms with Gasteiger partial charge in [0.1, 0.15) is 16.3 Å². The monoisotopic (exact) mass is 529 g/mol. The fourth-order valence-corrected chi connectivity index (χ4v) is 4.83. The molecular weight excluding hydrogens is 512 g/mol. The van der Waals surface area contributed by atoms with Gasteiger partial charge in [-0.15, -0.1) is 16.4 Å². The van der Waals surface area contributed by atoms with Crippen LogP contribution in [0.4, 0.5) is 26.3 Å². The lowest BCUT2D eigenvalue weighted by atomic mass is 9.96. The molecular formula is C22H17F6N5O2S. The molecule has 0 bridgehead atoms. The molecule has 4 rings (SSSR count). The van der Waals surface area contributed by atoms with E-state index >= 15 is 0 Å². The number of primary amides is 1. The summed E-state index contributed by atoms with van der Waals surface area (Å²) in [7, 11) is 0. The standard InChI is InChI=1S/C22H17F6N5O2S/c1-2-20(35,22(26,27)28)16-10-33(32-31-16)9-11-3-5-13-14(7-11)36-18(19(29)34)17(13)12-4-6-15(30-8-12)21(23,24)25/h3-8,10,35H,2,9H2,1H3,(H2,29,34). The first-order valence-electron chi connectivity index (χ1n) is 10.3. The van der Waals surface area contributed by atoms with Gasteiger partial charge in [-0.2, -0.15) is 26.3 Å². The molecule has 0 saturated carbocycles. The molecule has 1 amide bonds. The summed E-state index contributed by atoms with van der Waals surface area (Å²) in [6.07, 6.45) is -8.19. The Morgan fingerprint density at radius 3 is 2.39 bits per heavy atom. The van der Waals surface area contributed by atoms with Crippen LogP contribution in [-0.4, -0.2) is 37.2 Å². The Morgan fingerprint density at radius 1 is 1.11 bits per heavy atom. The number of benzene rings is 1. The molecule has 0 spiro atoms. The minimum atomic E-state index is -4.94. The number of thiophene rings is 1. The molecule has 4 aromatic rings. The Morgan fingerprint density at radius 2 is 1.83 bits per heavy atom. The second-order valence-corrected chi connectivity index (χ2v) is 9.00. The maximum Gasteiger partial charge on any atom is 0.433 e. The first kappa shape index (κ1) is 25.6. The summed E-state index contributed by atoms with van der Waals surface area (Å²) in [6, 6.07) is 6.90. The zero-order chi connectivity index (χ0) is 26.5. The topological polar surface area (TPSA) is 107 Å². The molecule has 1 aromatic carbocycles. The molecule has 1 atom stereocenters. The van der Waals surface area contributed by atoms with Crippen molar-refractivity contribution in [3.63, 3.8) is 0 Å². The van der Waals surface area contributed by atoms with Crippen LogP contribution in [0.25, 0.3) is 21.2 Å². The van der Waals surface area contributed by atoms with E-state index in [2.05, 4.69) is 15.3 Å². The number of fused-ring (bicyclic) bond motifs is 1. The highest BCUT2D eigenvalue weighted by molar-refractivity contribution is 7.21. The van der Waals surface area contributed by atoms with Gasteiger partial charge in [-0.1, -0.05) is 30.3 Å². The Bertz CT molecular complexity index is 1430. The van der Waals surface area contributed by atoms with Gasteiger partial charge in [0.2, 0.25) is 5.60 Å². The van der Waals surface area contributed by atoms with E-state index in [9.17, 15) is 36.2 Å². The lowest BCUT2D eigenvalue weighted by molar-refractivity contribution is -0.269. The number of hydrogen-bond donors (Lipinski definition) is 2. The third-order valence-corrected chi connectivity index (χ3v) is 6.78. The van der Waals surface area contributed by atoms with Gasteiger partial charge in [0.05, 0.1) is 12.7 Å². The van der Waals surface area contributed by atoms with Gasteiger partial charge in [-0.05, 0) is 24.1 Å². The minimum absolute atomic E-state index is 0.00155. The molecule has 0 aliphatic rings. The molecule has 36 heavy (non-hydrogen) atoms. The first-order valence-corrected chi connectivity index (χ1v) is 11.1. The average Bonchev–Trinajstić information content (AvgIpc) is 3.42. The van der Waals surface area contributed by atoms with Crippen molar-refractivity contribution in [2.45, 2.75) is 37.8 Å². The highest BCUT2D eigenvalue weighted by Gasteiger charge is 2.55. The molecule has 0 aliphatic carbocycles. The van der Waals surface area contributed by atoms with Crippen molar-refractivity contribution < 1.29 is 36.2 Å². The van der Waals surface area contributed by atoms with E-state index in [0.717, 1.165) is 34.5 Å². The summed E-state index contributed by atoms with van der Waals surface area (Å²) in [5.41, 5.74) is 1.83. The number of amides is 1. The lowest BCUT2D eigenvalue weighted by Gasteiger charge is -2.26. The summed E-state index contributed by atoms with van der Waals surface area (Å²) in [5.74, 6) is -0.778. The second kappa shape index (κ2) is 8.85. The molecule has 3 N–H and O–H groups in total.